The Morgan fingerprint density at radius 2 is 2.40 bits per heavy atom. The van der Waals surface area contributed by atoms with Gasteiger partial charge in [0.1, 0.15) is 0 Å². The Bertz CT molecular complexity index is 355. The Balaban J connectivity index is 0.000000605. The van der Waals surface area contributed by atoms with Crippen LogP contribution in [0.25, 0.3) is 10.9 Å². The first kappa shape index (κ1) is 5.41. The van der Waals surface area contributed by atoms with Crippen LogP contribution in [0.3, 0.4) is 0 Å². The average molecular weight is 135 g/mol. The summed E-state index contributed by atoms with van der Waals surface area (Å²) >= 11 is 0. The standard InChI is InChI=1S/C7H7N3.H2/c1-5-2-7-6(3-8-5)4-9-10-7;/h2-4H,1H3,(H,9,10);1H. The van der Waals surface area contributed by atoms with Gasteiger partial charge in [-0.15, -0.1) is 0 Å². The van der Waals surface area contributed by atoms with Crippen LogP contribution in [0.2, 0.25) is 0 Å². The van der Waals surface area contributed by atoms with Crippen molar-refractivity contribution >= 4 is 10.9 Å². The van der Waals surface area contributed by atoms with Crippen molar-refractivity contribution in [2.45, 2.75) is 6.92 Å². The van der Waals surface area contributed by atoms with Gasteiger partial charge in [0, 0.05) is 18.7 Å². The molecule has 0 atom stereocenters. The number of rotatable bonds is 0. The summed E-state index contributed by atoms with van der Waals surface area (Å²) in [5.74, 6) is 0. The van der Waals surface area contributed by atoms with Gasteiger partial charge in [0.15, 0.2) is 0 Å². The Morgan fingerprint density at radius 1 is 1.50 bits per heavy atom. The van der Waals surface area contributed by atoms with Crippen molar-refractivity contribution in [2.24, 2.45) is 0 Å². The second-order valence-corrected chi connectivity index (χ2v) is 2.28. The molecule has 2 aromatic heterocycles. The van der Waals surface area contributed by atoms with Crippen LogP contribution in [-0.4, -0.2) is 15.2 Å². The molecule has 0 spiro atoms. The fraction of sp³-hybridized carbons (Fsp3) is 0.143. The second kappa shape index (κ2) is 1.80. The van der Waals surface area contributed by atoms with Gasteiger partial charge in [0.2, 0.25) is 0 Å². The molecule has 2 aromatic rings. The molecule has 3 heteroatoms. The van der Waals surface area contributed by atoms with Gasteiger partial charge < -0.3 is 0 Å². The van der Waals surface area contributed by atoms with Crippen LogP contribution >= 0.6 is 0 Å². The lowest BCUT2D eigenvalue weighted by molar-refractivity contribution is 1.12. The first-order valence-electron chi connectivity index (χ1n) is 3.12. The molecule has 0 bridgehead atoms. The summed E-state index contributed by atoms with van der Waals surface area (Å²) in [5.41, 5.74) is 2.06. The van der Waals surface area contributed by atoms with Gasteiger partial charge in [0.25, 0.3) is 0 Å². The molecule has 0 aliphatic carbocycles. The fourth-order valence-electron chi connectivity index (χ4n) is 0.941. The molecular weight excluding hydrogens is 126 g/mol. The van der Waals surface area contributed by atoms with E-state index in [2.05, 4.69) is 15.2 Å². The third kappa shape index (κ3) is 0.673. The molecule has 2 heterocycles. The van der Waals surface area contributed by atoms with Crippen molar-refractivity contribution in [1.82, 2.24) is 15.2 Å². The zero-order chi connectivity index (χ0) is 6.97. The first-order valence-corrected chi connectivity index (χ1v) is 3.12. The number of nitrogens with zero attached hydrogens (tertiary/aromatic N) is 2. The largest absolute Gasteiger partial charge is 0.278 e. The van der Waals surface area contributed by atoms with E-state index in [0.717, 1.165) is 16.6 Å². The number of fused-ring (bicyclic) bond motifs is 1. The maximum atomic E-state index is 4.12. The predicted octanol–water partition coefficient (Wildman–Crippen LogP) is 1.51. The minimum absolute atomic E-state index is 0. The van der Waals surface area contributed by atoms with E-state index in [9.17, 15) is 0 Å². The lowest BCUT2D eigenvalue weighted by Crippen LogP contribution is -1.77. The molecule has 1 N–H and O–H groups in total. The molecule has 0 radical (unpaired) electrons. The van der Waals surface area contributed by atoms with Gasteiger partial charge >= 0.3 is 0 Å². The van der Waals surface area contributed by atoms with Crippen molar-refractivity contribution in [2.75, 3.05) is 0 Å². The lowest BCUT2D eigenvalue weighted by atomic mass is 10.3. The summed E-state index contributed by atoms with van der Waals surface area (Å²) < 4.78 is 0. The zero-order valence-electron chi connectivity index (χ0n) is 5.63. The molecule has 0 amide bonds. The van der Waals surface area contributed by atoms with Gasteiger partial charge in [-0.25, -0.2) is 0 Å². The number of aromatic nitrogens is 3. The highest BCUT2D eigenvalue weighted by Gasteiger charge is 1.93. The minimum Gasteiger partial charge on any atom is -0.278 e. The third-order valence-corrected chi connectivity index (χ3v) is 1.46. The van der Waals surface area contributed by atoms with Crippen LogP contribution in [0.15, 0.2) is 18.5 Å². The summed E-state index contributed by atoms with van der Waals surface area (Å²) in [7, 11) is 0. The van der Waals surface area contributed by atoms with Gasteiger partial charge in [-0.3, -0.25) is 10.1 Å². The predicted molar refractivity (Wildman–Crippen MR) is 40.7 cm³/mol. The Morgan fingerprint density at radius 3 is 3.30 bits per heavy atom. The molecule has 2 rings (SSSR count). The Hall–Kier alpha value is -1.38. The lowest BCUT2D eigenvalue weighted by Gasteiger charge is -1.88. The van der Waals surface area contributed by atoms with Crippen LogP contribution in [-0.2, 0) is 0 Å². The van der Waals surface area contributed by atoms with E-state index in [1.165, 1.54) is 0 Å². The normalized spacial score (nSPS) is 10.5. The molecule has 0 fully saturated rings. The molecule has 0 unspecified atom stereocenters. The summed E-state index contributed by atoms with van der Waals surface area (Å²) in [4.78, 5) is 4.12. The van der Waals surface area contributed by atoms with Gasteiger partial charge in [-0.05, 0) is 13.0 Å². The number of aromatic amines is 1. The average Bonchev–Trinajstić information content (AvgIpc) is 2.33. The number of hydrogen-bond donors (Lipinski definition) is 1. The maximum absolute atomic E-state index is 4.12. The highest BCUT2D eigenvalue weighted by molar-refractivity contribution is 5.76. The van der Waals surface area contributed by atoms with E-state index >= 15 is 0 Å². The molecule has 0 saturated carbocycles. The van der Waals surface area contributed by atoms with E-state index in [4.69, 9.17) is 0 Å². The summed E-state index contributed by atoms with van der Waals surface area (Å²) in [6.45, 7) is 1.96. The number of H-pyrrole nitrogens is 1. The van der Waals surface area contributed by atoms with Crippen LogP contribution < -0.4 is 0 Å². The summed E-state index contributed by atoms with van der Waals surface area (Å²) in [6, 6.07) is 1.97. The van der Waals surface area contributed by atoms with E-state index in [1.807, 2.05) is 19.2 Å². The number of hydrogen-bond acceptors (Lipinski definition) is 2. The van der Waals surface area contributed by atoms with Crippen molar-refractivity contribution < 1.29 is 1.43 Å². The topological polar surface area (TPSA) is 41.6 Å². The van der Waals surface area contributed by atoms with Crippen molar-refractivity contribution in [3.05, 3.63) is 24.2 Å². The fourth-order valence-corrected chi connectivity index (χ4v) is 0.941. The monoisotopic (exact) mass is 135 g/mol. The molecule has 52 valence electrons. The SMILES string of the molecule is Cc1cc2[nH]ncc2cn1.[HH]. The number of pyridine rings is 1. The van der Waals surface area contributed by atoms with E-state index < -0.39 is 0 Å². The van der Waals surface area contributed by atoms with E-state index in [-0.39, 0.29) is 1.43 Å². The maximum Gasteiger partial charge on any atom is 0.0683 e. The third-order valence-electron chi connectivity index (χ3n) is 1.46. The number of aryl methyl sites for hydroxylation is 1. The van der Waals surface area contributed by atoms with Crippen LogP contribution in [0, 0.1) is 6.92 Å². The van der Waals surface area contributed by atoms with Crippen LogP contribution in [0.5, 0.6) is 0 Å². The van der Waals surface area contributed by atoms with Crippen molar-refractivity contribution in [1.29, 1.82) is 0 Å². The summed E-state index contributed by atoms with van der Waals surface area (Å²) in [6.07, 6.45) is 3.58. The van der Waals surface area contributed by atoms with Crippen molar-refractivity contribution in [3.8, 4) is 0 Å². The van der Waals surface area contributed by atoms with Crippen LogP contribution in [0.1, 0.15) is 7.12 Å². The smallest absolute Gasteiger partial charge is 0.0683 e. The minimum atomic E-state index is 0. The highest BCUT2D eigenvalue weighted by atomic mass is 15.1. The molecule has 0 aliphatic rings. The van der Waals surface area contributed by atoms with E-state index in [1.54, 1.807) is 6.20 Å². The Labute approximate surface area is 59.6 Å². The van der Waals surface area contributed by atoms with Crippen LogP contribution in [0.4, 0.5) is 0 Å². The Kier molecular flexibility index (Phi) is 0.974. The number of nitrogens with one attached hydrogen (secondary N) is 1. The van der Waals surface area contributed by atoms with Gasteiger partial charge in [-0.1, -0.05) is 0 Å². The van der Waals surface area contributed by atoms with Crippen molar-refractivity contribution in [3.63, 3.8) is 0 Å². The molecule has 10 heavy (non-hydrogen) atoms. The molecule has 0 saturated heterocycles. The van der Waals surface area contributed by atoms with Gasteiger partial charge in [0.05, 0.1) is 11.7 Å². The van der Waals surface area contributed by atoms with E-state index in [0.29, 0.717) is 0 Å². The van der Waals surface area contributed by atoms with Gasteiger partial charge in [-0.2, -0.15) is 5.10 Å². The molecule has 0 aliphatic heterocycles. The second-order valence-electron chi connectivity index (χ2n) is 2.28. The highest BCUT2D eigenvalue weighted by Crippen LogP contribution is 2.08. The zero-order valence-corrected chi connectivity index (χ0v) is 5.63. The molecule has 0 aromatic carbocycles. The quantitative estimate of drug-likeness (QED) is 0.595. The summed E-state index contributed by atoms with van der Waals surface area (Å²) in [5, 5.41) is 7.81. The molecule has 3 nitrogen and oxygen atoms in total. The molecular formula is C7H9N3. The first-order chi connectivity index (χ1) is 4.86.